The van der Waals surface area contributed by atoms with E-state index in [9.17, 15) is 0 Å². The summed E-state index contributed by atoms with van der Waals surface area (Å²) in [6.07, 6.45) is 3.41. The Labute approximate surface area is 98.4 Å². The van der Waals surface area contributed by atoms with Crippen molar-refractivity contribution in [3.8, 4) is 0 Å². The summed E-state index contributed by atoms with van der Waals surface area (Å²) in [4.78, 5) is 2.53. The lowest BCUT2D eigenvalue weighted by atomic mass is 9.91. The summed E-state index contributed by atoms with van der Waals surface area (Å²) in [6, 6.07) is 10.7. The molecule has 0 bridgehead atoms. The highest BCUT2D eigenvalue weighted by atomic mass is 15.1. The van der Waals surface area contributed by atoms with Crippen molar-refractivity contribution in [3.63, 3.8) is 0 Å². The molecular formula is C14H22N2. The summed E-state index contributed by atoms with van der Waals surface area (Å²) in [6.45, 7) is 5.64. The Bertz CT molecular complexity index is 309. The minimum atomic E-state index is 0.0727. The average Bonchev–Trinajstić information content (AvgIpc) is 2.29. The molecule has 2 rings (SSSR count). The second-order valence-electron chi connectivity index (χ2n) is 5.23. The zero-order valence-corrected chi connectivity index (χ0v) is 10.2. The first-order valence-corrected chi connectivity index (χ1v) is 6.21. The normalized spacial score (nSPS) is 20.9. The highest BCUT2D eigenvalue weighted by molar-refractivity contribution is 5.14. The number of nitrogens with two attached hydrogens (primary N) is 1. The van der Waals surface area contributed by atoms with Crippen LogP contribution in [0.25, 0.3) is 0 Å². The van der Waals surface area contributed by atoms with Gasteiger partial charge in [-0.3, -0.25) is 0 Å². The van der Waals surface area contributed by atoms with E-state index < -0.39 is 0 Å². The minimum absolute atomic E-state index is 0.0727. The van der Waals surface area contributed by atoms with Crippen LogP contribution in [-0.4, -0.2) is 30.1 Å². The van der Waals surface area contributed by atoms with Crippen molar-refractivity contribution in [2.75, 3.05) is 19.6 Å². The number of nitrogens with zero attached hydrogens (tertiary/aromatic N) is 1. The molecule has 2 heteroatoms. The van der Waals surface area contributed by atoms with E-state index in [0.717, 1.165) is 32.4 Å². The lowest BCUT2D eigenvalue weighted by Gasteiger charge is -2.36. The van der Waals surface area contributed by atoms with Gasteiger partial charge in [0.15, 0.2) is 0 Å². The van der Waals surface area contributed by atoms with E-state index in [0.29, 0.717) is 0 Å². The highest BCUT2D eigenvalue weighted by Crippen LogP contribution is 2.18. The number of hydrogen-bond acceptors (Lipinski definition) is 2. The summed E-state index contributed by atoms with van der Waals surface area (Å²) in [7, 11) is 0. The maximum absolute atomic E-state index is 6.12. The van der Waals surface area contributed by atoms with E-state index >= 15 is 0 Å². The van der Waals surface area contributed by atoms with Gasteiger partial charge in [0.2, 0.25) is 0 Å². The molecule has 1 aliphatic heterocycles. The van der Waals surface area contributed by atoms with Crippen LogP contribution in [0.5, 0.6) is 0 Å². The zero-order chi connectivity index (χ0) is 11.4. The van der Waals surface area contributed by atoms with Gasteiger partial charge in [0.05, 0.1) is 0 Å². The van der Waals surface area contributed by atoms with Crippen LogP contribution >= 0.6 is 0 Å². The molecule has 0 aromatic heterocycles. The van der Waals surface area contributed by atoms with E-state index in [1.54, 1.807) is 0 Å². The molecule has 2 nitrogen and oxygen atoms in total. The Hall–Kier alpha value is -0.860. The largest absolute Gasteiger partial charge is 0.325 e. The van der Waals surface area contributed by atoms with Gasteiger partial charge in [0.25, 0.3) is 0 Å². The first-order valence-electron chi connectivity index (χ1n) is 6.21. The third-order valence-electron chi connectivity index (χ3n) is 3.56. The average molecular weight is 218 g/mol. The van der Waals surface area contributed by atoms with Crippen molar-refractivity contribution < 1.29 is 0 Å². The summed E-state index contributed by atoms with van der Waals surface area (Å²) in [5.41, 5.74) is 7.63. The summed E-state index contributed by atoms with van der Waals surface area (Å²) < 4.78 is 0. The first-order chi connectivity index (χ1) is 7.66. The molecule has 0 amide bonds. The van der Waals surface area contributed by atoms with Gasteiger partial charge < -0.3 is 10.6 Å². The Balaban J connectivity index is 1.76. The van der Waals surface area contributed by atoms with Gasteiger partial charge in [-0.05, 0) is 44.8 Å². The molecule has 0 saturated carbocycles. The van der Waals surface area contributed by atoms with Crippen LogP contribution in [0.15, 0.2) is 30.3 Å². The molecular weight excluding hydrogens is 196 g/mol. The molecule has 1 fully saturated rings. The molecule has 88 valence electrons. The molecule has 1 aromatic carbocycles. The Morgan fingerprint density at radius 1 is 1.19 bits per heavy atom. The van der Waals surface area contributed by atoms with Crippen LogP contribution < -0.4 is 5.73 Å². The smallest absolute Gasteiger partial charge is 0.0150 e. The fourth-order valence-corrected chi connectivity index (χ4v) is 2.22. The van der Waals surface area contributed by atoms with Crippen LogP contribution in [0.3, 0.4) is 0 Å². The first kappa shape index (κ1) is 11.6. The van der Waals surface area contributed by atoms with Gasteiger partial charge in [-0.25, -0.2) is 0 Å². The maximum atomic E-state index is 6.12. The molecule has 0 atom stereocenters. The molecule has 16 heavy (non-hydrogen) atoms. The van der Waals surface area contributed by atoms with Crippen LogP contribution in [0, 0.1) is 0 Å². The van der Waals surface area contributed by atoms with Gasteiger partial charge in [-0.1, -0.05) is 30.3 Å². The Morgan fingerprint density at radius 3 is 2.44 bits per heavy atom. The topological polar surface area (TPSA) is 29.3 Å². The zero-order valence-electron chi connectivity index (χ0n) is 10.2. The van der Waals surface area contributed by atoms with E-state index in [1.165, 1.54) is 12.1 Å². The Kier molecular flexibility index (Phi) is 3.62. The standard InChI is InChI=1S/C14H22N2/c1-14(15)8-11-16(12-9-14)10-7-13-5-3-2-4-6-13/h2-6H,7-12,15H2,1H3. The second-order valence-corrected chi connectivity index (χ2v) is 5.23. The maximum Gasteiger partial charge on any atom is 0.0150 e. The molecule has 1 saturated heterocycles. The third-order valence-corrected chi connectivity index (χ3v) is 3.56. The van der Waals surface area contributed by atoms with Crippen molar-refractivity contribution in [1.29, 1.82) is 0 Å². The van der Waals surface area contributed by atoms with E-state index in [4.69, 9.17) is 5.73 Å². The van der Waals surface area contributed by atoms with Gasteiger partial charge >= 0.3 is 0 Å². The van der Waals surface area contributed by atoms with Crippen LogP contribution in [-0.2, 0) is 6.42 Å². The predicted molar refractivity (Wildman–Crippen MR) is 68.4 cm³/mol. The monoisotopic (exact) mass is 218 g/mol. The number of likely N-dealkylation sites (tertiary alicyclic amines) is 1. The van der Waals surface area contributed by atoms with Crippen LogP contribution in [0.2, 0.25) is 0 Å². The molecule has 0 unspecified atom stereocenters. The van der Waals surface area contributed by atoms with Crippen molar-refractivity contribution in [2.24, 2.45) is 5.73 Å². The van der Waals surface area contributed by atoms with Crippen molar-refractivity contribution >= 4 is 0 Å². The quantitative estimate of drug-likeness (QED) is 0.841. The molecule has 2 N–H and O–H groups in total. The minimum Gasteiger partial charge on any atom is -0.325 e. The fourth-order valence-electron chi connectivity index (χ4n) is 2.22. The molecule has 0 spiro atoms. The second kappa shape index (κ2) is 4.98. The van der Waals surface area contributed by atoms with Crippen LogP contribution in [0.1, 0.15) is 25.3 Å². The third kappa shape index (κ3) is 3.32. The van der Waals surface area contributed by atoms with Crippen molar-refractivity contribution in [2.45, 2.75) is 31.7 Å². The van der Waals surface area contributed by atoms with E-state index in [2.05, 4.69) is 42.2 Å². The number of benzene rings is 1. The van der Waals surface area contributed by atoms with Gasteiger partial charge in [0.1, 0.15) is 0 Å². The SMILES string of the molecule is CC1(N)CCN(CCc2ccccc2)CC1. The van der Waals surface area contributed by atoms with E-state index in [1.807, 2.05) is 0 Å². The lowest BCUT2D eigenvalue weighted by Crippen LogP contribution is -2.48. The molecule has 1 aliphatic rings. The van der Waals surface area contributed by atoms with Gasteiger partial charge in [-0.15, -0.1) is 0 Å². The molecule has 0 radical (unpaired) electrons. The van der Waals surface area contributed by atoms with Crippen molar-refractivity contribution in [1.82, 2.24) is 4.90 Å². The lowest BCUT2D eigenvalue weighted by molar-refractivity contribution is 0.173. The summed E-state index contributed by atoms with van der Waals surface area (Å²) >= 11 is 0. The fraction of sp³-hybridized carbons (Fsp3) is 0.571. The summed E-state index contributed by atoms with van der Waals surface area (Å²) in [5.74, 6) is 0. The van der Waals surface area contributed by atoms with Crippen molar-refractivity contribution in [3.05, 3.63) is 35.9 Å². The number of rotatable bonds is 3. The van der Waals surface area contributed by atoms with E-state index in [-0.39, 0.29) is 5.54 Å². The molecule has 1 aromatic rings. The Morgan fingerprint density at radius 2 is 1.81 bits per heavy atom. The highest BCUT2D eigenvalue weighted by Gasteiger charge is 2.25. The predicted octanol–water partition coefficient (Wildman–Crippen LogP) is 2.04. The van der Waals surface area contributed by atoms with Gasteiger partial charge in [-0.2, -0.15) is 0 Å². The molecule has 1 heterocycles. The van der Waals surface area contributed by atoms with Gasteiger partial charge in [0, 0.05) is 12.1 Å². The number of hydrogen-bond donors (Lipinski definition) is 1. The summed E-state index contributed by atoms with van der Waals surface area (Å²) in [5, 5.41) is 0. The number of piperidine rings is 1. The molecule has 0 aliphatic carbocycles. The van der Waals surface area contributed by atoms with Crippen LogP contribution in [0.4, 0.5) is 0 Å².